The van der Waals surface area contributed by atoms with Crippen LogP contribution in [0.5, 0.6) is 0 Å². The summed E-state index contributed by atoms with van der Waals surface area (Å²) < 4.78 is 0. The highest BCUT2D eigenvalue weighted by Gasteiger charge is 2.19. The van der Waals surface area contributed by atoms with E-state index in [2.05, 4.69) is 44.8 Å². The number of hydrogen-bond donors (Lipinski definition) is 2. The van der Waals surface area contributed by atoms with Crippen molar-refractivity contribution >= 4 is 29.1 Å². The Morgan fingerprint density at radius 1 is 1.15 bits per heavy atom. The largest absolute Gasteiger partial charge is 0.360 e. The molecule has 2 aliphatic rings. The molecule has 1 fully saturated rings. The topological polar surface area (TPSA) is 53.1 Å². The molecular weight excluding hydrogens is 342 g/mol. The summed E-state index contributed by atoms with van der Waals surface area (Å²) in [4.78, 5) is 11.5. The van der Waals surface area contributed by atoms with Gasteiger partial charge in [0.1, 0.15) is 5.82 Å². The number of nitrogens with zero attached hydrogens (tertiary/aromatic N) is 3. The molecule has 26 heavy (non-hydrogen) atoms. The number of aryl methyl sites for hydroxylation is 1. The van der Waals surface area contributed by atoms with Gasteiger partial charge in [-0.3, -0.25) is 0 Å². The van der Waals surface area contributed by atoms with Crippen LogP contribution in [0, 0.1) is 6.92 Å². The van der Waals surface area contributed by atoms with Gasteiger partial charge in [-0.1, -0.05) is 37.1 Å². The van der Waals surface area contributed by atoms with Crippen molar-refractivity contribution in [2.75, 3.05) is 16.8 Å². The Morgan fingerprint density at radius 3 is 2.73 bits per heavy atom. The molecule has 1 aromatic heterocycles. The van der Waals surface area contributed by atoms with E-state index < -0.39 is 0 Å². The van der Waals surface area contributed by atoms with Gasteiger partial charge in [-0.15, -0.1) is 0 Å². The second-order valence-corrected chi connectivity index (χ2v) is 7.62. The molecule has 0 radical (unpaired) electrons. The third-order valence-corrected chi connectivity index (χ3v) is 5.43. The highest BCUT2D eigenvalue weighted by molar-refractivity contribution is 7.80. The van der Waals surface area contributed by atoms with Crippen molar-refractivity contribution in [3.63, 3.8) is 0 Å². The van der Waals surface area contributed by atoms with Crippen LogP contribution < -0.4 is 15.5 Å². The first-order valence-electron chi connectivity index (χ1n) is 9.42. The van der Waals surface area contributed by atoms with Crippen LogP contribution in [-0.4, -0.2) is 27.7 Å². The number of aromatic nitrogens is 2. The predicted octanol–water partition coefficient (Wildman–Crippen LogP) is 3.58. The Balaban J connectivity index is 1.47. The van der Waals surface area contributed by atoms with Gasteiger partial charge in [0.25, 0.3) is 0 Å². The predicted molar refractivity (Wildman–Crippen MR) is 110 cm³/mol. The third kappa shape index (κ3) is 3.96. The highest BCUT2D eigenvalue weighted by atomic mass is 32.1. The maximum Gasteiger partial charge on any atom is 0.231 e. The van der Waals surface area contributed by atoms with Crippen LogP contribution in [-0.2, 0) is 13.0 Å². The van der Waals surface area contributed by atoms with Crippen LogP contribution in [0.15, 0.2) is 30.3 Å². The van der Waals surface area contributed by atoms with Crippen molar-refractivity contribution in [3.8, 4) is 0 Å². The molecule has 4 rings (SSSR count). The number of anilines is 2. The summed E-state index contributed by atoms with van der Waals surface area (Å²) in [6.45, 7) is 3.86. The van der Waals surface area contributed by atoms with Gasteiger partial charge in [-0.25, -0.2) is 4.98 Å². The first kappa shape index (κ1) is 17.2. The summed E-state index contributed by atoms with van der Waals surface area (Å²) in [6, 6.07) is 11.2. The van der Waals surface area contributed by atoms with Crippen LogP contribution >= 0.6 is 12.2 Å². The molecule has 6 heteroatoms. The Bertz CT molecular complexity index is 801. The number of benzene rings is 1. The van der Waals surface area contributed by atoms with Crippen molar-refractivity contribution in [1.82, 2.24) is 15.3 Å². The van der Waals surface area contributed by atoms with Crippen LogP contribution in [0.4, 0.5) is 11.8 Å². The van der Waals surface area contributed by atoms with Gasteiger partial charge in [0.2, 0.25) is 5.95 Å². The summed E-state index contributed by atoms with van der Waals surface area (Å²) in [5, 5.41) is 7.19. The Morgan fingerprint density at radius 2 is 1.92 bits per heavy atom. The maximum atomic E-state index is 5.45. The van der Waals surface area contributed by atoms with E-state index in [1.54, 1.807) is 0 Å². The molecule has 0 unspecified atom stereocenters. The van der Waals surface area contributed by atoms with E-state index in [0.717, 1.165) is 31.0 Å². The average molecular weight is 368 g/mol. The third-order valence-electron chi connectivity index (χ3n) is 5.21. The second-order valence-electron chi connectivity index (χ2n) is 7.21. The lowest BCUT2D eigenvalue weighted by molar-refractivity contribution is 0.634. The molecule has 2 heterocycles. The lowest BCUT2D eigenvalue weighted by atomic mass is 10.00. The van der Waals surface area contributed by atoms with Gasteiger partial charge in [0.15, 0.2) is 5.11 Å². The second kappa shape index (κ2) is 7.58. The molecule has 1 aliphatic carbocycles. The quantitative estimate of drug-likeness (QED) is 0.809. The average Bonchev–Trinajstić information content (AvgIpc) is 3.13. The number of fused-ring (bicyclic) bond motifs is 1. The molecule has 0 bridgehead atoms. The standard InChI is InChI=1S/C20H25N5S/c1-14-12-18(25-11-10-15-6-2-3-7-16(15)13-25)23-19(21-14)24-20(26)22-17-8-4-5-9-17/h2-3,6-7,12,17H,4-5,8-11,13H2,1H3,(H2,21,22,23,24,26). The van der Waals surface area contributed by atoms with Crippen LogP contribution in [0.25, 0.3) is 0 Å². The molecule has 2 N–H and O–H groups in total. The molecule has 0 spiro atoms. The fourth-order valence-corrected chi connectivity index (χ4v) is 4.11. The lowest BCUT2D eigenvalue weighted by Gasteiger charge is -2.30. The van der Waals surface area contributed by atoms with Crippen molar-refractivity contribution in [2.24, 2.45) is 0 Å². The first-order valence-corrected chi connectivity index (χ1v) is 9.83. The smallest absolute Gasteiger partial charge is 0.231 e. The normalized spacial score (nSPS) is 17.0. The lowest BCUT2D eigenvalue weighted by Crippen LogP contribution is -2.36. The van der Waals surface area contributed by atoms with Gasteiger partial charge in [-0.05, 0) is 49.5 Å². The van der Waals surface area contributed by atoms with Gasteiger partial charge >= 0.3 is 0 Å². The number of hydrogen-bond acceptors (Lipinski definition) is 4. The van der Waals surface area contributed by atoms with Crippen molar-refractivity contribution in [3.05, 3.63) is 47.2 Å². The molecular formula is C20H25N5S. The van der Waals surface area contributed by atoms with Gasteiger partial charge in [-0.2, -0.15) is 4.98 Å². The maximum absolute atomic E-state index is 5.45. The SMILES string of the molecule is Cc1cc(N2CCc3ccccc3C2)nc(NC(=S)NC2CCCC2)n1. The van der Waals surface area contributed by atoms with E-state index >= 15 is 0 Å². The van der Waals surface area contributed by atoms with E-state index in [-0.39, 0.29) is 0 Å². The van der Waals surface area contributed by atoms with E-state index in [4.69, 9.17) is 17.2 Å². The summed E-state index contributed by atoms with van der Waals surface area (Å²) in [5.41, 5.74) is 3.76. The zero-order valence-electron chi connectivity index (χ0n) is 15.2. The van der Waals surface area contributed by atoms with Crippen LogP contribution in [0.2, 0.25) is 0 Å². The Labute approximate surface area is 160 Å². The monoisotopic (exact) mass is 367 g/mol. The minimum atomic E-state index is 0.484. The minimum absolute atomic E-state index is 0.484. The van der Waals surface area contributed by atoms with E-state index in [9.17, 15) is 0 Å². The zero-order chi connectivity index (χ0) is 17.9. The molecule has 0 saturated heterocycles. The number of thiocarbonyl (C=S) groups is 1. The molecule has 1 aromatic carbocycles. The molecule has 1 aliphatic heterocycles. The Kier molecular flexibility index (Phi) is 5.02. The summed E-state index contributed by atoms with van der Waals surface area (Å²) >= 11 is 5.45. The Hall–Kier alpha value is -2.21. The van der Waals surface area contributed by atoms with Gasteiger partial charge in [0, 0.05) is 30.9 Å². The molecule has 1 saturated carbocycles. The van der Waals surface area contributed by atoms with Crippen molar-refractivity contribution in [2.45, 2.75) is 51.6 Å². The number of nitrogens with one attached hydrogen (secondary N) is 2. The molecule has 136 valence electrons. The van der Waals surface area contributed by atoms with Gasteiger partial charge < -0.3 is 15.5 Å². The molecule has 0 amide bonds. The van der Waals surface area contributed by atoms with Gasteiger partial charge in [0.05, 0.1) is 0 Å². The summed E-state index contributed by atoms with van der Waals surface area (Å²) in [7, 11) is 0. The van der Waals surface area contributed by atoms with Crippen LogP contribution in [0.1, 0.15) is 42.5 Å². The van der Waals surface area contributed by atoms with Crippen molar-refractivity contribution in [1.29, 1.82) is 0 Å². The fraction of sp³-hybridized carbons (Fsp3) is 0.450. The number of rotatable bonds is 3. The first-order chi connectivity index (χ1) is 12.7. The molecule has 5 nitrogen and oxygen atoms in total. The molecule has 0 atom stereocenters. The highest BCUT2D eigenvalue weighted by Crippen LogP contribution is 2.24. The summed E-state index contributed by atoms with van der Waals surface area (Å²) in [5.74, 6) is 1.53. The van der Waals surface area contributed by atoms with E-state index in [0.29, 0.717) is 17.1 Å². The van der Waals surface area contributed by atoms with Crippen molar-refractivity contribution < 1.29 is 0 Å². The minimum Gasteiger partial charge on any atom is -0.360 e. The zero-order valence-corrected chi connectivity index (χ0v) is 16.0. The summed E-state index contributed by atoms with van der Waals surface area (Å²) in [6.07, 6.45) is 5.98. The molecule has 2 aromatic rings. The van der Waals surface area contributed by atoms with Crippen LogP contribution in [0.3, 0.4) is 0 Å². The van der Waals surface area contributed by atoms with E-state index in [1.165, 1.54) is 36.8 Å². The van der Waals surface area contributed by atoms with E-state index in [1.807, 2.05) is 13.0 Å². The fourth-order valence-electron chi connectivity index (χ4n) is 3.85.